The number of benzene rings is 1. The third kappa shape index (κ3) is 3.62. The summed E-state index contributed by atoms with van der Waals surface area (Å²) in [5.74, 6) is 0.422. The highest BCUT2D eigenvalue weighted by atomic mass is 35.7. The maximum Gasteiger partial charge on any atom is 0.683 e. The summed E-state index contributed by atoms with van der Waals surface area (Å²) < 4.78 is 15.2. The number of hydrogen-bond acceptors (Lipinski definition) is 3. The summed E-state index contributed by atoms with van der Waals surface area (Å²) in [5, 5.41) is 3.39. The first-order valence-corrected chi connectivity index (χ1v) is 5.71. The van der Waals surface area contributed by atoms with Gasteiger partial charge in [0.15, 0.2) is 5.75 Å². The Labute approximate surface area is 85.9 Å². The molecule has 0 radical (unpaired) electrons. The van der Waals surface area contributed by atoms with Crippen LogP contribution >= 0.6 is 18.6 Å². The second kappa shape index (κ2) is 5.45. The van der Waals surface area contributed by atoms with Gasteiger partial charge in [0.2, 0.25) is 0 Å². The molecular weight excluding hydrogens is 225 g/mol. The summed E-state index contributed by atoms with van der Waals surface area (Å²) in [5.41, 5.74) is 8.93. The van der Waals surface area contributed by atoms with Gasteiger partial charge >= 0.3 is 7.38 Å². The van der Waals surface area contributed by atoms with Crippen molar-refractivity contribution in [3.8, 4) is 5.75 Å². The lowest BCUT2D eigenvalue weighted by Gasteiger charge is -1.94. The van der Waals surface area contributed by atoms with Crippen molar-refractivity contribution >= 4 is 18.6 Å². The minimum absolute atomic E-state index is 0.282. The molecule has 1 rings (SSSR count). The summed E-state index contributed by atoms with van der Waals surface area (Å²) >= 11 is 5.16. The molecule has 1 unspecified atom stereocenters. The maximum atomic E-state index is 10.5. The van der Waals surface area contributed by atoms with Crippen LogP contribution in [0, 0.1) is 0 Å². The fourth-order valence-corrected chi connectivity index (χ4v) is 1.38. The standard InChI is InChI=1S/C7H6ClN3O2P/c8-14(12)13-7-3-1-6(2-4-7)5-10-11-9/h1-4H,5H2/q+1. The van der Waals surface area contributed by atoms with Crippen LogP contribution in [0.4, 0.5) is 0 Å². The molecule has 5 nitrogen and oxygen atoms in total. The third-order valence-electron chi connectivity index (χ3n) is 1.42. The Morgan fingerprint density at radius 1 is 1.50 bits per heavy atom. The predicted molar refractivity (Wildman–Crippen MR) is 53.4 cm³/mol. The van der Waals surface area contributed by atoms with Gasteiger partial charge in [-0.05, 0) is 23.2 Å². The van der Waals surface area contributed by atoms with Crippen LogP contribution in [0.5, 0.6) is 5.75 Å². The lowest BCUT2D eigenvalue weighted by Crippen LogP contribution is -1.81. The molecule has 1 aromatic carbocycles. The third-order valence-corrected chi connectivity index (χ3v) is 1.98. The second-order valence-corrected chi connectivity index (χ2v) is 3.77. The van der Waals surface area contributed by atoms with Gasteiger partial charge in [-0.2, -0.15) is 0 Å². The number of rotatable bonds is 4. The van der Waals surface area contributed by atoms with Gasteiger partial charge in [-0.15, -0.1) is 0 Å². The molecule has 0 aliphatic carbocycles. The zero-order valence-corrected chi connectivity index (χ0v) is 8.65. The molecule has 0 spiro atoms. The second-order valence-electron chi connectivity index (χ2n) is 2.34. The van der Waals surface area contributed by atoms with E-state index in [1.807, 2.05) is 0 Å². The van der Waals surface area contributed by atoms with Crippen LogP contribution < -0.4 is 4.52 Å². The molecule has 1 aromatic rings. The van der Waals surface area contributed by atoms with Crippen LogP contribution in [0.1, 0.15) is 5.56 Å². The van der Waals surface area contributed by atoms with E-state index in [0.717, 1.165) is 5.56 Å². The summed E-state index contributed by atoms with van der Waals surface area (Å²) in [6, 6.07) is 6.63. The molecule has 0 N–H and O–H groups in total. The monoisotopic (exact) mass is 230 g/mol. The van der Waals surface area contributed by atoms with Crippen molar-refractivity contribution in [1.29, 1.82) is 0 Å². The van der Waals surface area contributed by atoms with Crippen LogP contribution in [-0.4, -0.2) is 0 Å². The minimum atomic E-state index is -2.16. The first-order chi connectivity index (χ1) is 6.72. The van der Waals surface area contributed by atoms with Gasteiger partial charge in [0.1, 0.15) is 0 Å². The van der Waals surface area contributed by atoms with E-state index < -0.39 is 7.38 Å². The summed E-state index contributed by atoms with van der Waals surface area (Å²) in [7, 11) is -2.16. The molecule has 0 aliphatic rings. The summed E-state index contributed by atoms with van der Waals surface area (Å²) in [4.78, 5) is 2.63. The largest absolute Gasteiger partial charge is 0.683 e. The Kier molecular flexibility index (Phi) is 4.20. The van der Waals surface area contributed by atoms with Gasteiger partial charge in [-0.3, -0.25) is 0 Å². The molecule has 0 amide bonds. The van der Waals surface area contributed by atoms with E-state index in [-0.39, 0.29) is 6.54 Å². The SMILES string of the molecule is [N-]=[N+]=NCc1ccc(O[P+](=O)Cl)cc1. The highest BCUT2D eigenvalue weighted by Gasteiger charge is 2.13. The number of azide groups is 1. The normalized spacial score (nSPS) is 10.2. The predicted octanol–water partition coefficient (Wildman–Crippen LogP) is 3.77. The average molecular weight is 231 g/mol. The van der Waals surface area contributed by atoms with Crippen molar-refractivity contribution < 1.29 is 9.09 Å². The molecule has 14 heavy (non-hydrogen) atoms. The smallest absolute Gasteiger partial charge is 0.240 e. The highest BCUT2D eigenvalue weighted by Crippen LogP contribution is 2.30. The van der Waals surface area contributed by atoms with E-state index in [1.54, 1.807) is 24.3 Å². The van der Waals surface area contributed by atoms with Crippen molar-refractivity contribution in [2.24, 2.45) is 5.11 Å². The zero-order valence-electron chi connectivity index (χ0n) is 7.00. The van der Waals surface area contributed by atoms with Gasteiger partial charge < -0.3 is 0 Å². The van der Waals surface area contributed by atoms with E-state index in [4.69, 9.17) is 21.3 Å². The highest BCUT2D eigenvalue weighted by molar-refractivity contribution is 7.70. The molecule has 7 heteroatoms. The minimum Gasteiger partial charge on any atom is -0.240 e. The van der Waals surface area contributed by atoms with Crippen LogP contribution in [0.25, 0.3) is 10.4 Å². The van der Waals surface area contributed by atoms with Crippen molar-refractivity contribution in [3.63, 3.8) is 0 Å². The molecule has 0 fully saturated rings. The van der Waals surface area contributed by atoms with E-state index in [2.05, 4.69) is 10.0 Å². The Morgan fingerprint density at radius 3 is 2.64 bits per heavy atom. The maximum absolute atomic E-state index is 10.5. The van der Waals surface area contributed by atoms with Crippen molar-refractivity contribution in [2.75, 3.05) is 0 Å². The van der Waals surface area contributed by atoms with Gasteiger partial charge in [-0.25, -0.2) is 4.52 Å². The Morgan fingerprint density at radius 2 is 2.14 bits per heavy atom. The van der Waals surface area contributed by atoms with Crippen molar-refractivity contribution in [1.82, 2.24) is 0 Å². The Hall–Kier alpha value is -1.28. The van der Waals surface area contributed by atoms with Gasteiger partial charge in [-0.1, -0.05) is 17.2 Å². The number of hydrogen-bond donors (Lipinski definition) is 0. The lowest BCUT2D eigenvalue weighted by molar-refractivity contribution is 0.519. The van der Waals surface area contributed by atoms with E-state index in [0.29, 0.717) is 5.75 Å². The molecule has 0 aliphatic heterocycles. The molecule has 72 valence electrons. The molecule has 0 bridgehead atoms. The average Bonchev–Trinajstić information content (AvgIpc) is 2.16. The number of nitrogens with zero attached hydrogens (tertiary/aromatic N) is 3. The Balaban J connectivity index is 2.68. The number of halogens is 1. The van der Waals surface area contributed by atoms with Crippen LogP contribution in [0.15, 0.2) is 29.4 Å². The fourth-order valence-electron chi connectivity index (χ4n) is 0.852. The van der Waals surface area contributed by atoms with Gasteiger partial charge in [0.05, 0.1) is 6.54 Å². The summed E-state index contributed by atoms with van der Waals surface area (Å²) in [6.45, 7) is 0.282. The topological polar surface area (TPSA) is 75.1 Å². The fraction of sp³-hybridized carbons (Fsp3) is 0.143. The molecule has 0 saturated carbocycles. The van der Waals surface area contributed by atoms with Crippen molar-refractivity contribution in [2.45, 2.75) is 6.54 Å². The molecule has 0 heterocycles. The van der Waals surface area contributed by atoms with Crippen LogP contribution in [0.2, 0.25) is 0 Å². The van der Waals surface area contributed by atoms with E-state index in [9.17, 15) is 4.57 Å². The van der Waals surface area contributed by atoms with E-state index in [1.165, 1.54) is 0 Å². The molecule has 0 aromatic heterocycles. The van der Waals surface area contributed by atoms with Gasteiger partial charge in [0.25, 0.3) is 11.2 Å². The summed E-state index contributed by atoms with van der Waals surface area (Å²) in [6.07, 6.45) is 0. The van der Waals surface area contributed by atoms with Crippen molar-refractivity contribution in [3.05, 3.63) is 40.3 Å². The lowest BCUT2D eigenvalue weighted by atomic mass is 10.2. The van der Waals surface area contributed by atoms with E-state index >= 15 is 0 Å². The molecule has 1 atom stereocenters. The first-order valence-electron chi connectivity index (χ1n) is 3.63. The van der Waals surface area contributed by atoms with Crippen LogP contribution in [-0.2, 0) is 11.1 Å². The van der Waals surface area contributed by atoms with Crippen LogP contribution in [0.3, 0.4) is 0 Å². The molecular formula is C7H6ClN3O2P+. The first kappa shape index (κ1) is 10.8. The zero-order chi connectivity index (χ0) is 10.4. The Bertz CT molecular complexity index is 352. The van der Waals surface area contributed by atoms with Gasteiger partial charge in [0, 0.05) is 9.48 Å². The molecule has 0 saturated heterocycles. The quantitative estimate of drug-likeness (QED) is 0.342.